The molecule has 0 spiro atoms. The Morgan fingerprint density at radius 1 is 1.10 bits per heavy atom. The molecule has 3 nitrogen and oxygen atoms in total. The molecule has 2 heterocycles. The number of hydrogen-bond acceptors (Lipinski definition) is 3. The van der Waals surface area contributed by atoms with Crippen molar-refractivity contribution in [3.63, 3.8) is 0 Å². The average Bonchev–Trinajstić information content (AvgIpc) is 2.52. The van der Waals surface area contributed by atoms with E-state index in [4.69, 9.17) is 12.2 Å². The first-order valence-corrected chi connectivity index (χ1v) is 7.19. The Kier molecular flexibility index (Phi) is 3.88. The largest absolute Gasteiger partial charge is 0.343 e. The normalized spacial score (nSPS) is 10.5. The number of hydrogen-bond donors (Lipinski definition) is 1. The molecule has 0 amide bonds. The lowest BCUT2D eigenvalue weighted by molar-refractivity contribution is 0.946. The van der Waals surface area contributed by atoms with Crippen LogP contribution in [0.3, 0.4) is 0 Å². The van der Waals surface area contributed by atoms with Gasteiger partial charge in [-0.3, -0.25) is 4.98 Å². The van der Waals surface area contributed by atoms with Gasteiger partial charge in [0.1, 0.15) is 10.5 Å². The Morgan fingerprint density at radius 2 is 1.90 bits per heavy atom. The molecule has 0 aliphatic carbocycles. The number of aromatic nitrogens is 3. The second-order valence-corrected chi connectivity index (χ2v) is 5.28. The fourth-order valence-corrected chi connectivity index (χ4v) is 2.46. The summed E-state index contributed by atoms with van der Waals surface area (Å²) < 4.78 is 0.645. The Balaban J connectivity index is 2.04. The number of nitrogens with one attached hydrogen (secondary N) is 1. The molecule has 0 aliphatic heterocycles. The van der Waals surface area contributed by atoms with Crippen LogP contribution in [-0.2, 0) is 6.42 Å². The van der Waals surface area contributed by atoms with Crippen LogP contribution in [-0.4, -0.2) is 15.0 Å². The van der Waals surface area contributed by atoms with Gasteiger partial charge in [-0.2, -0.15) is 0 Å². The number of aromatic amines is 1. The van der Waals surface area contributed by atoms with E-state index in [-0.39, 0.29) is 0 Å². The summed E-state index contributed by atoms with van der Waals surface area (Å²) in [6.45, 7) is 2.00. The molecule has 1 N–H and O–H groups in total. The zero-order chi connectivity index (χ0) is 14.7. The molecule has 0 saturated carbocycles. The summed E-state index contributed by atoms with van der Waals surface area (Å²) >= 11 is 5.40. The van der Waals surface area contributed by atoms with Gasteiger partial charge in [0.25, 0.3) is 0 Å². The van der Waals surface area contributed by atoms with Crippen LogP contribution >= 0.6 is 12.2 Å². The van der Waals surface area contributed by atoms with Gasteiger partial charge >= 0.3 is 0 Å². The highest BCUT2D eigenvalue weighted by molar-refractivity contribution is 7.71. The molecule has 0 saturated heterocycles. The lowest BCUT2D eigenvalue weighted by Crippen LogP contribution is -2.02. The molecule has 0 unspecified atom stereocenters. The number of rotatable bonds is 3. The van der Waals surface area contributed by atoms with E-state index in [0.717, 1.165) is 28.2 Å². The number of benzene rings is 1. The molecule has 0 atom stereocenters. The van der Waals surface area contributed by atoms with E-state index >= 15 is 0 Å². The van der Waals surface area contributed by atoms with Gasteiger partial charge in [0.15, 0.2) is 0 Å². The highest BCUT2D eigenvalue weighted by Crippen LogP contribution is 2.21. The molecule has 1 aromatic carbocycles. The standard InChI is InChI=1S/C17H15N3S/c1-12-16(14-7-3-2-4-8-14)19-15(20-17(12)21)10-13-6-5-9-18-11-13/h2-9,11H,10H2,1H3,(H,19,20,21). The van der Waals surface area contributed by atoms with Crippen LogP contribution in [0.1, 0.15) is 17.0 Å². The Labute approximate surface area is 128 Å². The summed E-state index contributed by atoms with van der Waals surface area (Å²) in [4.78, 5) is 12.0. The van der Waals surface area contributed by atoms with Crippen LogP contribution < -0.4 is 0 Å². The van der Waals surface area contributed by atoms with Gasteiger partial charge in [-0.15, -0.1) is 0 Å². The van der Waals surface area contributed by atoms with Crippen LogP contribution in [0.15, 0.2) is 54.9 Å². The topological polar surface area (TPSA) is 41.6 Å². The Morgan fingerprint density at radius 3 is 2.62 bits per heavy atom. The maximum absolute atomic E-state index is 5.40. The van der Waals surface area contributed by atoms with Crippen molar-refractivity contribution in [2.75, 3.05) is 0 Å². The van der Waals surface area contributed by atoms with E-state index in [0.29, 0.717) is 11.1 Å². The summed E-state index contributed by atoms with van der Waals surface area (Å²) in [5, 5.41) is 0. The van der Waals surface area contributed by atoms with Crippen molar-refractivity contribution in [3.8, 4) is 11.3 Å². The molecule has 0 bridgehead atoms. The smallest absolute Gasteiger partial charge is 0.133 e. The second kappa shape index (κ2) is 5.97. The van der Waals surface area contributed by atoms with Crippen molar-refractivity contribution in [1.82, 2.24) is 15.0 Å². The quantitative estimate of drug-likeness (QED) is 0.739. The predicted octanol–water partition coefficient (Wildman–Crippen LogP) is 4.10. The minimum absolute atomic E-state index is 0.645. The summed E-state index contributed by atoms with van der Waals surface area (Å²) in [7, 11) is 0. The zero-order valence-corrected chi connectivity index (χ0v) is 12.5. The SMILES string of the molecule is Cc1c(-c2ccccc2)[nH]c(Cc2cccnc2)nc1=S. The molecule has 0 fully saturated rings. The Hall–Kier alpha value is -2.33. The van der Waals surface area contributed by atoms with E-state index in [2.05, 4.69) is 27.1 Å². The average molecular weight is 293 g/mol. The molecule has 21 heavy (non-hydrogen) atoms. The lowest BCUT2D eigenvalue weighted by Gasteiger charge is -2.09. The number of nitrogens with zero attached hydrogens (tertiary/aromatic N) is 2. The van der Waals surface area contributed by atoms with E-state index in [1.54, 1.807) is 6.20 Å². The van der Waals surface area contributed by atoms with Gasteiger partial charge in [0, 0.05) is 24.4 Å². The van der Waals surface area contributed by atoms with Crippen molar-refractivity contribution >= 4 is 12.2 Å². The van der Waals surface area contributed by atoms with Crippen molar-refractivity contribution in [2.45, 2.75) is 13.3 Å². The summed E-state index contributed by atoms with van der Waals surface area (Å²) in [5.74, 6) is 0.859. The maximum atomic E-state index is 5.40. The van der Waals surface area contributed by atoms with Crippen LogP contribution in [0.25, 0.3) is 11.3 Å². The zero-order valence-electron chi connectivity index (χ0n) is 11.7. The fraction of sp³-hybridized carbons (Fsp3) is 0.118. The fourth-order valence-electron chi connectivity index (χ4n) is 2.25. The van der Waals surface area contributed by atoms with E-state index in [9.17, 15) is 0 Å². The van der Waals surface area contributed by atoms with Crippen LogP contribution in [0, 0.1) is 11.6 Å². The van der Waals surface area contributed by atoms with Gasteiger partial charge in [-0.25, -0.2) is 4.98 Å². The highest BCUT2D eigenvalue weighted by Gasteiger charge is 2.07. The predicted molar refractivity (Wildman–Crippen MR) is 86.6 cm³/mol. The van der Waals surface area contributed by atoms with E-state index < -0.39 is 0 Å². The molecule has 0 radical (unpaired) electrons. The minimum atomic E-state index is 0.645. The Bertz CT molecular complexity index is 795. The maximum Gasteiger partial charge on any atom is 0.133 e. The van der Waals surface area contributed by atoms with Crippen molar-refractivity contribution in [3.05, 3.63) is 76.5 Å². The molecular formula is C17H15N3S. The van der Waals surface area contributed by atoms with E-state index in [1.165, 1.54) is 0 Å². The second-order valence-electron chi connectivity index (χ2n) is 4.89. The van der Waals surface area contributed by atoms with Crippen molar-refractivity contribution in [1.29, 1.82) is 0 Å². The number of H-pyrrole nitrogens is 1. The summed E-state index contributed by atoms with van der Waals surface area (Å²) in [6.07, 6.45) is 4.31. The van der Waals surface area contributed by atoms with Gasteiger partial charge < -0.3 is 4.98 Å². The molecule has 2 aromatic heterocycles. The van der Waals surface area contributed by atoms with Crippen molar-refractivity contribution in [2.24, 2.45) is 0 Å². The first kappa shape index (κ1) is 13.6. The van der Waals surface area contributed by atoms with Crippen LogP contribution in [0.2, 0.25) is 0 Å². The third-order valence-electron chi connectivity index (χ3n) is 3.36. The summed E-state index contributed by atoms with van der Waals surface area (Å²) in [5.41, 5.74) is 4.27. The van der Waals surface area contributed by atoms with Gasteiger partial charge in [0.05, 0.1) is 5.69 Å². The molecule has 0 aliphatic rings. The summed E-state index contributed by atoms with van der Waals surface area (Å²) in [6, 6.07) is 14.2. The van der Waals surface area contributed by atoms with E-state index in [1.807, 2.05) is 43.5 Å². The first-order valence-electron chi connectivity index (χ1n) is 6.78. The van der Waals surface area contributed by atoms with Crippen molar-refractivity contribution < 1.29 is 0 Å². The monoisotopic (exact) mass is 293 g/mol. The lowest BCUT2D eigenvalue weighted by atomic mass is 10.1. The van der Waals surface area contributed by atoms with Gasteiger partial charge in [-0.1, -0.05) is 48.6 Å². The van der Waals surface area contributed by atoms with Crippen LogP contribution in [0.5, 0.6) is 0 Å². The van der Waals surface area contributed by atoms with Gasteiger partial charge in [0.2, 0.25) is 0 Å². The molecule has 3 rings (SSSR count). The third kappa shape index (κ3) is 3.06. The third-order valence-corrected chi connectivity index (χ3v) is 3.76. The first-order chi connectivity index (χ1) is 10.2. The van der Waals surface area contributed by atoms with Gasteiger partial charge in [-0.05, 0) is 24.1 Å². The molecule has 3 aromatic rings. The highest BCUT2D eigenvalue weighted by atomic mass is 32.1. The molecular weight excluding hydrogens is 278 g/mol. The molecule has 4 heteroatoms. The molecule has 104 valence electrons. The minimum Gasteiger partial charge on any atom is -0.343 e. The number of pyridine rings is 1. The van der Waals surface area contributed by atoms with Crippen LogP contribution in [0.4, 0.5) is 0 Å².